The van der Waals surface area contributed by atoms with E-state index in [4.69, 9.17) is 10.00 Å². The summed E-state index contributed by atoms with van der Waals surface area (Å²) in [5.74, 6) is 2.24. The Hall–Kier alpha value is 0.290. The van der Waals surface area contributed by atoms with E-state index in [0.29, 0.717) is 6.61 Å². The van der Waals surface area contributed by atoms with Gasteiger partial charge in [-0.15, -0.1) is 9.42 Å². The van der Waals surface area contributed by atoms with E-state index in [0.717, 1.165) is 31.8 Å². The lowest BCUT2D eigenvalue weighted by atomic mass is 10.0. The maximum atomic E-state index is 10.3. The lowest BCUT2D eigenvalue weighted by molar-refractivity contribution is 0.208. The van der Waals surface area contributed by atoms with Crippen LogP contribution in [0, 0.1) is 0 Å². The molecule has 0 bridgehead atoms. The largest absolute Gasteiger partial charge is 0.694 e. The topological polar surface area (TPSA) is 70.0 Å². The van der Waals surface area contributed by atoms with E-state index in [1.807, 2.05) is 11.8 Å². The van der Waals surface area contributed by atoms with E-state index >= 15 is 0 Å². The Labute approximate surface area is 205 Å². The van der Waals surface area contributed by atoms with Crippen LogP contribution in [0.1, 0.15) is 117 Å². The zero-order valence-corrected chi connectivity index (χ0v) is 23.3. The maximum Gasteiger partial charge on any atom is 0.694 e. The van der Waals surface area contributed by atoms with Crippen LogP contribution in [-0.2, 0) is 9.09 Å². The van der Waals surface area contributed by atoms with Gasteiger partial charge in [-0.05, 0) is 37.4 Å². The molecule has 1 atom stereocenters. The van der Waals surface area contributed by atoms with Crippen molar-refractivity contribution in [2.45, 2.75) is 117 Å². The van der Waals surface area contributed by atoms with Crippen LogP contribution in [0.15, 0.2) is 0 Å². The Morgan fingerprint density at radius 3 is 1.53 bits per heavy atom. The van der Waals surface area contributed by atoms with Crippen LogP contribution in [0.3, 0.4) is 0 Å². The van der Waals surface area contributed by atoms with Gasteiger partial charge in [0.15, 0.2) is 0 Å². The Bertz CT molecular complexity index is 361. The van der Waals surface area contributed by atoms with Gasteiger partial charge in [-0.2, -0.15) is 11.8 Å². The Morgan fingerprint density at radius 2 is 1.16 bits per heavy atom. The zero-order valence-electron chi connectivity index (χ0n) is 21.6. The quantitative estimate of drug-likeness (QED) is 0.106. The maximum absolute atomic E-state index is 10.3. The van der Waals surface area contributed by atoms with E-state index in [1.54, 1.807) is 0 Å². The zero-order chi connectivity index (χ0) is 24.1. The first kappa shape index (κ1) is 34.5. The standard InChI is InChI=1S/C19H39O3PS.C6H15NO/c1-2-3-4-5-6-7-8-9-10-11-12-13-14-15-18-24-19-16-17-22-23(20)21;1-3-7(4-2)5-6-8/h2-19H2,1H3;8H,3-6H2,1-2H3/p+1. The number of nitrogens with zero attached hydrogens (tertiary/aromatic N) is 1. The second-order valence-electron chi connectivity index (χ2n) is 8.38. The van der Waals surface area contributed by atoms with Gasteiger partial charge in [0.1, 0.15) is 6.61 Å². The number of likely N-dealkylation sites (N-methyl/N-ethyl adjacent to an activating group) is 1. The van der Waals surface area contributed by atoms with Crippen molar-refractivity contribution < 1.29 is 19.1 Å². The minimum absolute atomic E-state index is 0.279. The van der Waals surface area contributed by atoms with Gasteiger partial charge >= 0.3 is 8.25 Å². The van der Waals surface area contributed by atoms with Crippen LogP contribution < -0.4 is 0 Å². The van der Waals surface area contributed by atoms with E-state index in [9.17, 15) is 4.57 Å². The number of rotatable bonds is 24. The van der Waals surface area contributed by atoms with Crippen LogP contribution in [-0.4, -0.2) is 59.3 Å². The van der Waals surface area contributed by atoms with Crippen molar-refractivity contribution in [1.82, 2.24) is 4.90 Å². The molecule has 0 aromatic heterocycles. The normalized spacial score (nSPS) is 11.5. The number of hydrogen-bond acceptors (Lipinski definition) is 5. The second-order valence-corrected chi connectivity index (χ2v) is 10.3. The smallest absolute Gasteiger partial charge is 0.395 e. The molecule has 0 fully saturated rings. The fraction of sp³-hybridized carbons (Fsp3) is 1.00. The van der Waals surface area contributed by atoms with Gasteiger partial charge in [0.2, 0.25) is 0 Å². The van der Waals surface area contributed by atoms with Crippen LogP contribution in [0.4, 0.5) is 0 Å². The highest BCUT2D eigenvalue weighted by Crippen LogP contribution is 2.16. The summed E-state index contributed by atoms with van der Waals surface area (Å²) in [6.07, 6.45) is 20.6. The first-order valence-electron chi connectivity index (χ1n) is 13.3. The number of hydrogen-bond donors (Lipinski definition) is 2. The fourth-order valence-corrected chi connectivity index (χ4v) is 4.71. The molecule has 0 spiro atoms. The van der Waals surface area contributed by atoms with E-state index in [-0.39, 0.29) is 6.61 Å². The summed E-state index contributed by atoms with van der Waals surface area (Å²) in [6, 6.07) is 0. The molecule has 0 amide bonds. The molecular formula is C25H55NO4PS+. The van der Waals surface area contributed by atoms with Crippen molar-refractivity contribution in [3.8, 4) is 0 Å². The SMILES string of the molecule is CCCCCCCCCCCCCCCCSCCCO[P+](=O)O.CCN(CC)CCO. The van der Waals surface area contributed by atoms with Gasteiger partial charge in [-0.25, -0.2) is 0 Å². The molecule has 5 nitrogen and oxygen atoms in total. The molecule has 7 heteroatoms. The molecule has 0 aromatic carbocycles. The lowest BCUT2D eigenvalue weighted by Gasteiger charge is -2.15. The predicted octanol–water partition coefficient (Wildman–Crippen LogP) is 7.58. The summed E-state index contributed by atoms with van der Waals surface area (Å²) in [5, 5.41) is 8.46. The van der Waals surface area contributed by atoms with Crippen LogP contribution in [0.5, 0.6) is 0 Å². The summed E-state index contributed by atoms with van der Waals surface area (Å²) in [7, 11) is -2.40. The average Bonchev–Trinajstić information content (AvgIpc) is 2.79. The Balaban J connectivity index is 0. The highest BCUT2D eigenvalue weighted by Gasteiger charge is 2.09. The predicted molar refractivity (Wildman–Crippen MR) is 143 cm³/mol. The lowest BCUT2D eigenvalue weighted by Crippen LogP contribution is -2.25. The van der Waals surface area contributed by atoms with Crippen LogP contribution in [0.25, 0.3) is 0 Å². The second kappa shape index (κ2) is 31.3. The molecule has 0 aliphatic carbocycles. The van der Waals surface area contributed by atoms with Gasteiger partial charge in [-0.1, -0.05) is 104 Å². The summed E-state index contributed by atoms with van der Waals surface area (Å²) in [5.41, 5.74) is 0. The fourth-order valence-electron chi connectivity index (χ4n) is 3.49. The minimum atomic E-state index is -2.40. The van der Waals surface area contributed by atoms with E-state index < -0.39 is 8.25 Å². The van der Waals surface area contributed by atoms with E-state index in [1.165, 1.54) is 95.6 Å². The molecule has 0 saturated carbocycles. The van der Waals surface area contributed by atoms with Crippen molar-refractivity contribution in [3.63, 3.8) is 0 Å². The van der Waals surface area contributed by atoms with Crippen LogP contribution in [0.2, 0.25) is 0 Å². The molecule has 1 unspecified atom stereocenters. The number of aliphatic hydroxyl groups excluding tert-OH is 1. The van der Waals surface area contributed by atoms with Crippen molar-refractivity contribution in [3.05, 3.63) is 0 Å². The van der Waals surface area contributed by atoms with Gasteiger partial charge in [0.25, 0.3) is 0 Å². The third kappa shape index (κ3) is 32.5. The van der Waals surface area contributed by atoms with Crippen molar-refractivity contribution in [1.29, 1.82) is 0 Å². The molecule has 0 heterocycles. The van der Waals surface area contributed by atoms with Gasteiger partial charge in [0, 0.05) is 11.1 Å². The van der Waals surface area contributed by atoms with Crippen LogP contribution >= 0.6 is 20.0 Å². The molecule has 2 N–H and O–H groups in total. The molecule has 194 valence electrons. The molecule has 0 aromatic rings. The molecule has 32 heavy (non-hydrogen) atoms. The minimum Gasteiger partial charge on any atom is -0.395 e. The summed E-state index contributed by atoms with van der Waals surface area (Å²) >= 11 is 1.93. The molecule has 0 radical (unpaired) electrons. The summed E-state index contributed by atoms with van der Waals surface area (Å²) < 4.78 is 14.9. The highest BCUT2D eigenvalue weighted by molar-refractivity contribution is 7.99. The Kier molecular flexibility index (Phi) is 33.7. The van der Waals surface area contributed by atoms with Crippen molar-refractivity contribution >= 4 is 20.0 Å². The number of aliphatic hydroxyl groups is 1. The number of thioether (sulfide) groups is 1. The Morgan fingerprint density at radius 1 is 0.719 bits per heavy atom. The van der Waals surface area contributed by atoms with E-state index in [2.05, 4.69) is 30.2 Å². The third-order valence-electron chi connectivity index (χ3n) is 5.59. The molecule has 0 aliphatic rings. The van der Waals surface area contributed by atoms with Gasteiger partial charge in [-0.3, -0.25) is 0 Å². The monoisotopic (exact) mass is 496 g/mol. The molecule has 0 rings (SSSR count). The molecule has 0 saturated heterocycles. The summed E-state index contributed by atoms with van der Waals surface area (Å²) in [6.45, 7) is 10.0. The van der Waals surface area contributed by atoms with Crippen molar-refractivity contribution in [2.75, 3.05) is 44.4 Å². The highest BCUT2D eigenvalue weighted by atomic mass is 32.2. The third-order valence-corrected chi connectivity index (χ3v) is 7.15. The van der Waals surface area contributed by atoms with Crippen molar-refractivity contribution in [2.24, 2.45) is 0 Å². The van der Waals surface area contributed by atoms with Gasteiger partial charge in [0.05, 0.1) is 6.61 Å². The molecule has 0 aliphatic heterocycles. The average molecular weight is 497 g/mol. The summed E-state index contributed by atoms with van der Waals surface area (Å²) in [4.78, 5) is 10.7. The van der Waals surface area contributed by atoms with Gasteiger partial charge < -0.3 is 10.0 Å². The molecular weight excluding hydrogens is 441 g/mol. The first-order valence-corrected chi connectivity index (χ1v) is 15.6. The first-order chi connectivity index (χ1) is 15.6. The number of unbranched alkanes of at least 4 members (excludes halogenated alkanes) is 13.